The van der Waals surface area contributed by atoms with Gasteiger partial charge in [-0.15, -0.1) is 0 Å². The van der Waals surface area contributed by atoms with Gasteiger partial charge in [0, 0.05) is 12.6 Å². The molecule has 1 aromatic carbocycles. The minimum atomic E-state index is -0.388. The molecule has 0 bridgehead atoms. The molecule has 3 aromatic rings. The Morgan fingerprint density at radius 3 is 2.50 bits per heavy atom. The third kappa shape index (κ3) is 3.95. The molecule has 3 rings (SSSR count). The quantitative estimate of drug-likeness (QED) is 0.750. The molecule has 2 N–H and O–H groups in total. The van der Waals surface area contributed by atoms with Gasteiger partial charge >= 0.3 is 0 Å². The Morgan fingerprint density at radius 2 is 1.88 bits per heavy atom. The van der Waals surface area contributed by atoms with Gasteiger partial charge in [0.2, 0.25) is 0 Å². The average molecular weight is 323 g/mol. The number of benzene rings is 1. The van der Waals surface area contributed by atoms with E-state index in [0.29, 0.717) is 23.9 Å². The minimum absolute atomic E-state index is 0.205. The number of rotatable bonds is 5. The molecule has 0 saturated heterocycles. The number of nitrogens with zero attached hydrogens (tertiary/aromatic N) is 3. The Bertz CT molecular complexity index is 825. The Kier molecular flexibility index (Phi) is 4.51. The minimum Gasteiger partial charge on any atom is -0.365 e. The van der Waals surface area contributed by atoms with E-state index in [-0.39, 0.29) is 11.6 Å². The molecular formula is C17H17N5O2. The highest BCUT2D eigenvalue weighted by atomic mass is 16.5. The van der Waals surface area contributed by atoms with Crippen LogP contribution in [0, 0.1) is 13.8 Å². The van der Waals surface area contributed by atoms with Gasteiger partial charge in [-0.05, 0) is 19.4 Å². The number of carbonyl (C=O) groups excluding carboxylic acids is 1. The topological polar surface area (TPSA) is 92.9 Å². The summed E-state index contributed by atoms with van der Waals surface area (Å²) >= 11 is 0. The fourth-order valence-electron chi connectivity index (χ4n) is 2.04. The SMILES string of the molecule is Cc1ccc(CNc2cnc(C(=O)Nc3cc(C)on3)cn2)cc1. The van der Waals surface area contributed by atoms with E-state index in [9.17, 15) is 4.79 Å². The number of amides is 1. The van der Waals surface area contributed by atoms with Crippen molar-refractivity contribution < 1.29 is 9.32 Å². The first-order valence-corrected chi connectivity index (χ1v) is 7.46. The molecule has 122 valence electrons. The van der Waals surface area contributed by atoms with Crippen LogP contribution < -0.4 is 10.6 Å². The maximum absolute atomic E-state index is 12.0. The van der Waals surface area contributed by atoms with Gasteiger partial charge in [-0.1, -0.05) is 35.0 Å². The molecule has 0 aliphatic heterocycles. The van der Waals surface area contributed by atoms with E-state index in [4.69, 9.17) is 4.52 Å². The summed E-state index contributed by atoms with van der Waals surface area (Å²) in [7, 11) is 0. The van der Waals surface area contributed by atoms with Gasteiger partial charge in [-0.3, -0.25) is 4.79 Å². The molecular weight excluding hydrogens is 306 g/mol. The smallest absolute Gasteiger partial charge is 0.277 e. The molecule has 0 aliphatic rings. The summed E-state index contributed by atoms with van der Waals surface area (Å²) in [6.07, 6.45) is 2.94. The Morgan fingerprint density at radius 1 is 1.08 bits per heavy atom. The zero-order valence-corrected chi connectivity index (χ0v) is 13.4. The molecule has 1 amide bonds. The van der Waals surface area contributed by atoms with Crippen molar-refractivity contribution in [3.8, 4) is 0 Å². The first-order valence-electron chi connectivity index (χ1n) is 7.46. The summed E-state index contributed by atoms with van der Waals surface area (Å²) in [5.74, 6) is 1.18. The van der Waals surface area contributed by atoms with Crippen LogP contribution in [0.15, 0.2) is 47.2 Å². The van der Waals surface area contributed by atoms with Crippen molar-refractivity contribution in [2.75, 3.05) is 10.6 Å². The Hall–Kier alpha value is -3.22. The average Bonchev–Trinajstić information content (AvgIpc) is 2.99. The highest BCUT2D eigenvalue weighted by Crippen LogP contribution is 2.10. The number of hydrogen-bond acceptors (Lipinski definition) is 6. The number of hydrogen-bond donors (Lipinski definition) is 2. The molecule has 0 spiro atoms. The second-order valence-electron chi connectivity index (χ2n) is 5.40. The molecule has 0 saturated carbocycles. The van der Waals surface area contributed by atoms with Crippen LogP contribution in [0.2, 0.25) is 0 Å². The van der Waals surface area contributed by atoms with Gasteiger partial charge in [-0.25, -0.2) is 9.97 Å². The van der Waals surface area contributed by atoms with Crippen LogP contribution in [0.5, 0.6) is 0 Å². The van der Waals surface area contributed by atoms with E-state index >= 15 is 0 Å². The van der Waals surface area contributed by atoms with Crippen molar-refractivity contribution in [1.82, 2.24) is 15.1 Å². The highest BCUT2D eigenvalue weighted by Gasteiger charge is 2.10. The van der Waals surface area contributed by atoms with E-state index in [0.717, 1.165) is 5.56 Å². The van der Waals surface area contributed by atoms with Crippen LogP contribution in [0.1, 0.15) is 27.4 Å². The molecule has 2 aromatic heterocycles. The van der Waals surface area contributed by atoms with Crippen molar-refractivity contribution in [2.45, 2.75) is 20.4 Å². The Balaban J connectivity index is 1.58. The van der Waals surface area contributed by atoms with Crippen molar-refractivity contribution in [3.63, 3.8) is 0 Å². The molecule has 2 heterocycles. The second kappa shape index (κ2) is 6.91. The highest BCUT2D eigenvalue weighted by molar-refractivity contribution is 6.02. The molecule has 0 radical (unpaired) electrons. The lowest BCUT2D eigenvalue weighted by molar-refractivity contribution is 0.102. The lowest BCUT2D eigenvalue weighted by atomic mass is 10.1. The number of nitrogens with one attached hydrogen (secondary N) is 2. The van der Waals surface area contributed by atoms with E-state index < -0.39 is 0 Å². The van der Waals surface area contributed by atoms with Gasteiger partial charge in [0.15, 0.2) is 5.82 Å². The fraction of sp³-hybridized carbons (Fsp3) is 0.176. The summed E-state index contributed by atoms with van der Waals surface area (Å²) < 4.78 is 4.89. The zero-order chi connectivity index (χ0) is 16.9. The monoisotopic (exact) mass is 323 g/mol. The van der Waals surface area contributed by atoms with Gasteiger partial charge in [0.25, 0.3) is 5.91 Å². The van der Waals surface area contributed by atoms with Crippen molar-refractivity contribution in [2.24, 2.45) is 0 Å². The Labute approximate surface area is 139 Å². The molecule has 24 heavy (non-hydrogen) atoms. The van der Waals surface area contributed by atoms with Crippen LogP contribution in [-0.2, 0) is 6.54 Å². The third-order valence-corrected chi connectivity index (χ3v) is 3.35. The fourth-order valence-corrected chi connectivity index (χ4v) is 2.04. The predicted molar refractivity (Wildman–Crippen MR) is 89.7 cm³/mol. The van der Waals surface area contributed by atoms with Gasteiger partial charge in [0.05, 0.1) is 12.4 Å². The second-order valence-corrected chi connectivity index (χ2v) is 5.40. The number of aryl methyl sites for hydroxylation is 2. The van der Waals surface area contributed by atoms with Gasteiger partial charge in [0.1, 0.15) is 17.3 Å². The number of carbonyl (C=O) groups is 1. The van der Waals surface area contributed by atoms with E-state index in [1.165, 1.54) is 18.0 Å². The zero-order valence-electron chi connectivity index (χ0n) is 13.4. The van der Waals surface area contributed by atoms with Crippen LogP contribution >= 0.6 is 0 Å². The summed E-state index contributed by atoms with van der Waals surface area (Å²) in [5, 5.41) is 9.46. The molecule has 0 aliphatic carbocycles. The van der Waals surface area contributed by atoms with Crippen LogP contribution in [0.4, 0.5) is 11.6 Å². The normalized spacial score (nSPS) is 10.4. The molecule has 0 atom stereocenters. The first-order chi connectivity index (χ1) is 11.6. The number of anilines is 2. The summed E-state index contributed by atoms with van der Waals surface area (Å²) in [4.78, 5) is 20.3. The standard InChI is InChI=1S/C17H17N5O2/c1-11-3-5-13(6-4-11)8-19-16-10-18-14(9-20-16)17(23)21-15-7-12(2)24-22-15/h3-7,9-10H,8H2,1-2H3,(H,19,20)(H,21,22,23). The van der Waals surface area contributed by atoms with Crippen molar-refractivity contribution >= 4 is 17.5 Å². The van der Waals surface area contributed by atoms with Gasteiger partial charge < -0.3 is 15.2 Å². The van der Waals surface area contributed by atoms with Gasteiger partial charge in [-0.2, -0.15) is 0 Å². The maximum atomic E-state index is 12.0. The van der Waals surface area contributed by atoms with Crippen LogP contribution in [0.25, 0.3) is 0 Å². The molecule has 7 heteroatoms. The lowest BCUT2D eigenvalue weighted by Gasteiger charge is -2.06. The van der Waals surface area contributed by atoms with Crippen LogP contribution in [0.3, 0.4) is 0 Å². The molecule has 0 fully saturated rings. The molecule has 0 unspecified atom stereocenters. The van der Waals surface area contributed by atoms with E-state index in [2.05, 4.69) is 50.0 Å². The maximum Gasteiger partial charge on any atom is 0.277 e. The summed E-state index contributed by atoms with van der Waals surface area (Å²) in [5.41, 5.74) is 2.57. The van der Waals surface area contributed by atoms with Crippen LogP contribution in [-0.4, -0.2) is 21.0 Å². The largest absolute Gasteiger partial charge is 0.365 e. The third-order valence-electron chi connectivity index (χ3n) is 3.35. The lowest BCUT2D eigenvalue weighted by Crippen LogP contribution is -2.14. The number of aromatic nitrogens is 3. The van der Waals surface area contributed by atoms with E-state index in [1.807, 2.05) is 6.92 Å². The van der Waals surface area contributed by atoms with Crippen molar-refractivity contribution in [1.29, 1.82) is 0 Å². The van der Waals surface area contributed by atoms with E-state index in [1.54, 1.807) is 13.0 Å². The summed E-state index contributed by atoms with van der Waals surface area (Å²) in [6.45, 7) is 4.43. The summed E-state index contributed by atoms with van der Waals surface area (Å²) in [6, 6.07) is 9.85. The predicted octanol–water partition coefficient (Wildman–Crippen LogP) is 2.95. The molecule has 7 nitrogen and oxygen atoms in total. The first kappa shape index (κ1) is 15.7. The van der Waals surface area contributed by atoms with Crippen molar-refractivity contribution in [3.05, 3.63) is 65.3 Å².